The molecule has 2 aliphatic heterocycles. The second-order valence-corrected chi connectivity index (χ2v) is 8.92. The topological polar surface area (TPSA) is 15.7 Å². The van der Waals surface area contributed by atoms with Gasteiger partial charge in [0.25, 0.3) is 0 Å². The molecule has 0 N–H and O–H groups in total. The van der Waals surface area contributed by atoms with E-state index in [1.165, 1.54) is 96.1 Å². The van der Waals surface area contributed by atoms with Crippen molar-refractivity contribution in [3.8, 4) is 5.75 Å². The van der Waals surface area contributed by atoms with Gasteiger partial charge in [-0.3, -0.25) is 0 Å². The van der Waals surface area contributed by atoms with Crippen molar-refractivity contribution in [3.05, 3.63) is 29.8 Å². The van der Waals surface area contributed by atoms with E-state index in [4.69, 9.17) is 4.74 Å². The first kappa shape index (κ1) is 19.3. The van der Waals surface area contributed by atoms with E-state index < -0.39 is 0 Å². The number of ether oxygens (including phenoxy) is 1. The summed E-state index contributed by atoms with van der Waals surface area (Å²) in [5.41, 5.74) is 1.52. The summed E-state index contributed by atoms with van der Waals surface area (Å²) in [5, 5.41) is 0. The molecule has 0 bridgehead atoms. The normalized spacial score (nSPS) is 27.7. The molecule has 27 heavy (non-hydrogen) atoms. The van der Waals surface area contributed by atoms with Gasteiger partial charge >= 0.3 is 0 Å². The lowest BCUT2D eigenvalue weighted by molar-refractivity contribution is 0.182. The molecule has 1 aromatic carbocycles. The molecule has 3 aliphatic rings. The average Bonchev–Trinajstić information content (AvgIpc) is 3.28. The molecule has 0 spiro atoms. The Morgan fingerprint density at radius 1 is 0.778 bits per heavy atom. The van der Waals surface area contributed by atoms with E-state index in [2.05, 4.69) is 34.1 Å². The van der Waals surface area contributed by atoms with Crippen molar-refractivity contribution in [2.75, 3.05) is 39.3 Å². The summed E-state index contributed by atoms with van der Waals surface area (Å²) in [5.74, 6) is 1.81. The largest absolute Gasteiger partial charge is 0.494 e. The highest BCUT2D eigenvalue weighted by molar-refractivity contribution is 5.29. The number of hydrogen-bond donors (Lipinski definition) is 0. The predicted molar refractivity (Wildman–Crippen MR) is 113 cm³/mol. The molecule has 2 heterocycles. The highest BCUT2D eigenvalue weighted by Gasteiger charge is 2.27. The van der Waals surface area contributed by atoms with Crippen LogP contribution in [0.5, 0.6) is 5.75 Å². The zero-order valence-corrected chi connectivity index (χ0v) is 17.1. The Morgan fingerprint density at radius 2 is 1.44 bits per heavy atom. The quantitative estimate of drug-likeness (QED) is 0.624. The molecule has 1 aromatic rings. The second-order valence-electron chi connectivity index (χ2n) is 8.92. The molecule has 0 unspecified atom stereocenters. The molecule has 1 aliphatic carbocycles. The number of benzene rings is 1. The monoisotopic (exact) mass is 370 g/mol. The van der Waals surface area contributed by atoms with Gasteiger partial charge in [-0.2, -0.15) is 0 Å². The maximum absolute atomic E-state index is 5.99. The summed E-state index contributed by atoms with van der Waals surface area (Å²) in [6, 6.07) is 9.90. The fourth-order valence-electron chi connectivity index (χ4n) is 5.38. The third-order valence-corrected chi connectivity index (χ3v) is 7.04. The van der Waals surface area contributed by atoms with Gasteiger partial charge in [-0.25, -0.2) is 0 Å². The van der Waals surface area contributed by atoms with Crippen molar-refractivity contribution in [2.24, 2.45) is 0 Å². The summed E-state index contributed by atoms with van der Waals surface area (Å²) >= 11 is 0. The zero-order valence-electron chi connectivity index (χ0n) is 17.1. The molecule has 0 atom stereocenters. The molecule has 3 heteroatoms. The summed E-state index contributed by atoms with van der Waals surface area (Å²) in [7, 11) is 0. The standard InChI is InChI=1S/C24H38N2O/c1-2-15-25(16-3-1)17-6-20-27-24-13-9-22(10-14-24)21-7-11-23(12-8-21)26-18-4-5-19-26/h9-10,13-14,21,23H,1-8,11-12,15-20H2. The van der Waals surface area contributed by atoms with Crippen LogP contribution in [0.4, 0.5) is 0 Å². The van der Waals surface area contributed by atoms with Crippen LogP contribution in [0, 0.1) is 0 Å². The Bertz CT molecular complexity index is 538. The van der Waals surface area contributed by atoms with Gasteiger partial charge in [0, 0.05) is 12.6 Å². The van der Waals surface area contributed by atoms with Crippen LogP contribution in [-0.4, -0.2) is 55.2 Å². The first-order chi connectivity index (χ1) is 13.4. The minimum Gasteiger partial charge on any atom is -0.494 e. The van der Waals surface area contributed by atoms with Crippen molar-refractivity contribution in [2.45, 2.75) is 76.2 Å². The molecule has 150 valence electrons. The van der Waals surface area contributed by atoms with Crippen LogP contribution < -0.4 is 4.74 Å². The second kappa shape index (κ2) is 9.93. The summed E-state index contributed by atoms with van der Waals surface area (Å²) in [6.45, 7) is 7.30. The van der Waals surface area contributed by atoms with E-state index in [-0.39, 0.29) is 0 Å². The molecule has 0 amide bonds. The Kier molecular flexibility index (Phi) is 7.09. The van der Waals surface area contributed by atoms with Gasteiger partial charge in [-0.15, -0.1) is 0 Å². The van der Waals surface area contributed by atoms with Gasteiger partial charge in [0.05, 0.1) is 6.61 Å². The maximum Gasteiger partial charge on any atom is 0.119 e. The van der Waals surface area contributed by atoms with Crippen LogP contribution in [0.2, 0.25) is 0 Å². The molecule has 1 saturated carbocycles. The Morgan fingerprint density at radius 3 is 2.15 bits per heavy atom. The third-order valence-electron chi connectivity index (χ3n) is 7.04. The van der Waals surface area contributed by atoms with Gasteiger partial charge in [-0.05, 0) is 108 Å². The van der Waals surface area contributed by atoms with E-state index in [1.807, 2.05) is 0 Å². The number of likely N-dealkylation sites (tertiary alicyclic amines) is 2. The summed E-state index contributed by atoms with van der Waals surface area (Å²) < 4.78 is 5.99. The van der Waals surface area contributed by atoms with Gasteiger partial charge in [-0.1, -0.05) is 18.6 Å². The van der Waals surface area contributed by atoms with Gasteiger partial charge in [0.2, 0.25) is 0 Å². The average molecular weight is 371 g/mol. The van der Waals surface area contributed by atoms with Crippen molar-refractivity contribution >= 4 is 0 Å². The number of rotatable bonds is 7. The fourth-order valence-corrected chi connectivity index (χ4v) is 5.38. The molecule has 0 aromatic heterocycles. The van der Waals surface area contributed by atoms with Gasteiger partial charge < -0.3 is 14.5 Å². The lowest BCUT2D eigenvalue weighted by Crippen LogP contribution is -2.35. The lowest BCUT2D eigenvalue weighted by atomic mass is 9.81. The van der Waals surface area contributed by atoms with Crippen molar-refractivity contribution < 1.29 is 4.74 Å². The molecule has 3 fully saturated rings. The first-order valence-corrected chi connectivity index (χ1v) is 11.6. The Hall–Kier alpha value is -1.06. The predicted octanol–water partition coefficient (Wildman–Crippen LogP) is 5.06. The minimum absolute atomic E-state index is 0.761. The maximum atomic E-state index is 5.99. The van der Waals surface area contributed by atoms with Crippen LogP contribution in [0.3, 0.4) is 0 Å². The van der Waals surface area contributed by atoms with E-state index in [9.17, 15) is 0 Å². The smallest absolute Gasteiger partial charge is 0.119 e. The highest BCUT2D eigenvalue weighted by Crippen LogP contribution is 2.36. The SMILES string of the molecule is c1cc(C2CCC(N3CCCC3)CC2)ccc1OCCCN1CCCCC1. The van der Waals surface area contributed by atoms with E-state index in [0.29, 0.717) is 0 Å². The molecule has 4 rings (SSSR count). The van der Waals surface area contributed by atoms with Crippen LogP contribution in [0.15, 0.2) is 24.3 Å². The summed E-state index contributed by atoms with van der Waals surface area (Å²) in [6.07, 6.45) is 13.6. The molecular formula is C24H38N2O. The highest BCUT2D eigenvalue weighted by atomic mass is 16.5. The number of nitrogens with zero attached hydrogens (tertiary/aromatic N) is 2. The third kappa shape index (κ3) is 5.48. The van der Waals surface area contributed by atoms with E-state index in [0.717, 1.165) is 30.7 Å². The van der Waals surface area contributed by atoms with Crippen molar-refractivity contribution in [3.63, 3.8) is 0 Å². The Labute approximate surface area is 166 Å². The first-order valence-electron chi connectivity index (χ1n) is 11.6. The van der Waals surface area contributed by atoms with Crippen LogP contribution in [0.1, 0.15) is 75.7 Å². The Balaban J connectivity index is 1.16. The van der Waals surface area contributed by atoms with E-state index in [1.54, 1.807) is 0 Å². The lowest BCUT2D eigenvalue weighted by Gasteiger charge is -2.34. The molecule has 3 nitrogen and oxygen atoms in total. The number of piperidine rings is 1. The molecule has 2 saturated heterocycles. The number of hydrogen-bond acceptors (Lipinski definition) is 3. The minimum atomic E-state index is 0.761. The molecular weight excluding hydrogens is 332 g/mol. The van der Waals surface area contributed by atoms with Crippen LogP contribution in [0.25, 0.3) is 0 Å². The van der Waals surface area contributed by atoms with Crippen LogP contribution in [-0.2, 0) is 0 Å². The van der Waals surface area contributed by atoms with Gasteiger partial charge in [0.15, 0.2) is 0 Å². The van der Waals surface area contributed by atoms with Crippen molar-refractivity contribution in [1.29, 1.82) is 0 Å². The van der Waals surface area contributed by atoms with Crippen LogP contribution >= 0.6 is 0 Å². The van der Waals surface area contributed by atoms with E-state index >= 15 is 0 Å². The van der Waals surface area contributed by atoms with Crippen molar-refractivity contribution in [1.82, 2.24) is 9.80 Å². The van der Waals surface area contributed by atoms with Gasteiger partial charge in [0.1, 0.15) is 5.75 Å². The fraction of sp³-hybridized carbons (Fsp3) is 0.750. The zero-order chi connectivity index (χ0) is 18.3. The summed E-state index contributed by atoms with van der Waals surface area (Å²) in [4.78, 5) is 5.34. The molecule has 0 radical (unpaired) electrons.